The monoisotopic (exact) mass is 230 g/mol. The molecule has 1 N–H and O–H groups in total. The largest absolute Gasteiger partial charge is 0.481 e. The second kappa shape index (κ2) is 5.25. The Hall–Kier alpha value is -2.17. The number of aromatic nitrogens is 3. The summed E-state index contributed by atoms with van der Waals surface area (Å²) in [6, 6.07) is 3.91. The van der Waals surface area contributed by atoms with Crippen LogP contribution < -0.4 is 10.1 Å². The maximum absolute atomic E-state index is 5.13. The lowest BCUT2D eigenvalue weighted by Crippen LogP contribution is -2.05. The zero-order valence-electron chi connectivity index (χ0n) is 9.84. The maximum Gasteiger partial charge on any atom is 0.221 e. The zero-order valence-corrected chi connectivity index (χ0v) is 9.84. The molecule has 5 heteroatoms. The first-order valence-corrected chi connectivity index (χ1v) is 5.29. The summed E-state index contributed by atoms with van der Waals surface area (Å²) < 4.78 is 5.13. The fourth-order valence-corrected chi connectivity index (χ4v) is 1.51. The van der Waals surface area contributed by atoms with Crippen LogP contribution in [0.15, 0.2) is 30.9 Å². The summed E-state index contributed by atoms with van der Waals surface area (Å²) in [5.74, 6) is 1.37. The molecule has 2 heterocycles. The lowest BCUT2D eigenvalue weighted by atomic mass is 10.2. The first kappa shape index (κ1) is 11.3. The molecule has 2 aromatic rings. The minimum Gasteiger partial charge on any atom is -0.481 e. The van der Waals surface area contributed by atoms with Crippen LogP contribution in [-0.2, 0) is 6.54 Å². The summed E-state index contributed by atoms with van der Waals surface area (Å²) in [4.78, 5) is 12.3. The molecular weight excluding hydrogens is 216 g/mol. The van der Waals surface area contributed by atoms with Gasteiger partial charge < -0.3 is 10.1 Å². The number of hydrogen-bond donors (Lipinski definition) is 1. The fourth-order valence-electron chi connectivity index (χ4n) is 1.51. The van der Waals surface area contributed by atoms with Crippen molar-refractivity contribution in [3.63, 3.8) is 0 Å². The zero-order chi connectivity index (χ0) is 12.1. The average Bonchev–Trinajstić information content (AvgIpc) is 2.39. The molecule has 0 spiro atoms. The Morgan fingerprint density at radius 2 is 2.24 bits per heavy atom. The molecule has 0 saturated carbocycles. The van der Waals surface area contributed by atoms with Crippen molar-refractivity contribution in [3.8, 4) is 5.88 Å². The molecule has 0 aromatic carbocycles. The Morgan fingerprint density at radius 1 is 1.35 bits per heavy atom. The summed E-state index contributed by atoms with van der Waals surface area (Å²) in [6.45, 7) is 2.60. The van der Waals surface area contributed by atoms with Gasteiger partial charge in [-0.1, -0.05) is 6.07 Å². The number of methoxy groups -OCH3 is 1. The predicted octanol–water partition coefficient (Wildman–Crippen LogP) is 1.80. The van der Waals surface area contributed by atoms with Crippen LogP contribution in [0.3, 0.4) is 0 Å². The smallest absolute Gasteiger partial charge is 0.221 e. The molecule has 0 aliphatic carbocycles. The summed E-state index contributed by atoms with van der Waals surface area (Å²) in [5, 5.41) is 3.23. The summed E-state index contributed by atoms with van der Waals surface area (Å²) in [6.07, 6.45) is 5.06. The van der Waals surface area contributed by atoms with Gasteiger partial charge in [-0.05, 0) is 18.6 Å². The van der Waals surface area contributed by atoms with Gasteiger partial charge in [0, 0.05) is 18.9 Å². The molecule has 0 atom stereocenters. The predicted molar refractivity (Wildman–Crippen MR) is 64.9 cm³/mol. The van der Waals surface area contributed by atoms with Crippen molar-refractivity contribution in [1.29, 1.82) is 0 Å². The highest BCUT2D eigenvalue weighted by Crippen LogP contribution is 2.19. The van der Waals surface area contributed by atoms with Gasteiger partial charge in [0.2, 0.25) is 5.88 Å². The second-order valence-corrected chi connectivity index (χ2v) is 3.57. The number of nitrogens with one attached hydrogen (secondary N) is 1. The van der Waals surface area contributed by atoms with E-state index in [1.165, 1.54) is 6.33 Å². The Kier molecular flexibility index (Phi) is 3.49. The highest BCUT2D eigenvalue weighted by atomic mass is 16.5. The normalized spacial score (nSPS) is 10.0. The van der Waals surface area contributed by atoms with Crippen molar-refractivity contribution < 1.29 is 4.74 Å². The highest BCUT2D eigenvalue weighted by molar-refractivity contribution is 5.47. The van der Waals surface area contributed by atoms with E-state index in [0.29, 0.717) is 12.4 Å². The molecule has 0 aliphatic rings. The van der Waals surface area contributed by atoms with Crippen molar-refractivity contribution >= 4 is 5.82 Å². The number of anilines is 1. The van der Waals surface area contributed by atoms with Crippen molar-refractivity contribution in [2.75, 3.05) is 12.4 Å². The van der Waals surface area contributed by atoms with E-state index in [9.17, 15) is 0 Å². The van der Waals surface area contributed by atoms with E-state index in [-0.39, 0.29) is 0 Å². The number of hydrogen-bond acceptors (Lipinski definition) is 5. The van der Waals surface area contributed by atoms with Gasteiger partial charge in [-0.2, -0.15) is 0 Å². The minimum atomic E-state index is 0.591. The molecular formula is C12H14N4O. The quantitative estimate of drug-likeness (QED) is 0.867. The Bertz CT molecular complexity index is 487. The van der Waals surface area contributed by atoms with Gasteiger partial charge >= 0.3 is 0 Å². The van der Waals surface area contributed by atoms with Gasteiger partial charge in [-0.15, -0.1) is 0 Å². The van der Waals surface area contributed by atoms with Crippen LogP contribution in [0, 0.1) is 6.92 Å². The van der Waals surface area contributed by atoms with E-state index in [4.69, 9.17) is 4.74 Å². The van der Waals surface area contributed by atoms with E-state index < -0.39 is 0 Å². The van der Waals surface area contributed by atoms with Gasteiger partial charge in [0.1, 0.15) is 12.1 Å². The molecule has 0 saturated heterocycles. The third-order valence-corrected chi connectivity index (χ3v) is 2.41. The topological polar surface area (TPSA) is 59.9 Å². The van der Waals surface area contributed by atoms with E-state index in [2.05, 4.69) is 20.3 Å². The lowest BCUT2D eigenvalue weighted by molar-refractivity contribution is 0.393. The first-order chi connectivity index (χ1) is 8.31. The molecule has 5 nitrogen and oxygen atoms in total. The van der Waals surface area contributed by atoms with Gasteiger partial charge in [0.25, 0.3) is 0 Å². The van der Waals surface area contributed by atoms with Crippen molar-refractivity contribution in [2.45, 2.75) is 13.5 Å². The third-order valence-electron chi connectivity index (χ3n) is 2.41. The SMILES string of the molecule is COc1ncnc(NCc2cccnc2)c1C. The fraction of sp³-hybridized carbons (Fsp3) is 0.250. The molecule has 2 aromatic heterocycles. The number of nitrogens with zero attached hydrogens (tertiary/aromatic N) is 3. The van der Waals surface area contributed by atoms with Crippen LogP contribution in [0.5, 0.6) is 5.88 Å². The Balaban J connectivity index is 2.09. The molecule has 2 rings (SSSR count). The number of ether oxygens (including phenoxy) is 1. The molecule has 0 aliphatic heterocycles. The third kappa shape index (κ3) is 2.69. The minimum absolute atomic E-state index is 0.591. The Labute approximate surface area is 99.9 Å². The molecule has 0 radical (unpaired) electrons. The molecule has 17 heavy (non-hydrogen) atoms. The molecule has 0 unspecified atom stereocenters. The number of rotatable bonds is 4. The average molecular weight is 230 g/mol. The van der Waals surface area contributed by atoms with Crippen LogP contribution in [0.2, 0.25) is 0 Å². The second-order valence-electron chi connectivity index (χ2n) is 3.57. The molecule has 0 fully saturated rings. The molecule has 0 bridgehead atoms. The summed E-state index contributed by atoms with van der Waals surface area (Å²) in [7, 11) is 1.60. The van der Waals surface area contributed by atoms with E-state index in [1.54, 1.807) is 13.3 Å². The van der Waals surface area contributed by atoms with Gasteiger partial charge in [0.05, 0.1) is 12.7 Å². The molecule has 0 amide bonds. The Morgan fingerprint density at radius 3 is 2.94 bits per heavy atom. The van der Waals surface area contributed by atoms with Crippen LogP contribution in [0.4, 0.5) is 5.82 Å². The summed E-state index contributed by atoms with van der Waals surface area (Å²) >= 11 is 0. The van der Waals surface area contributed by atoms with E-state index in [0.717, 1.165) is 16.9 Å². The van der Waals surface area contributed by atoms with Crippen LogP contribution in [0.25, 0.3) is 0 Å². The summed E-state index contributed by atoms with van der Waals surface area (Å²) in [5.41, 5.74) is 2.00. The first-order valence-electron chi connectivity index (χ1n) is 5.29. The number of pyridine rings is 1. The van der Waals surface area contributed by atoms with Gasteiger partial charge in [0.15, 0.2) is 0 Å². The van der Waals surface area contributed by atoms with Gasteiger partial charge in [-0.3, -0.25) is 4.98 Å². The van der Waals surface area contributed by atoms with E-state index in [1.807, 2.05) is 25.3 Å². The van der Waals surface area contributed by atoms with Crippen molar-refractivity contribution in [3.05, 3.63) is 42.0 Å². The molecule has 88 valence electrons. The standard InChI is InChI=1S/C12H14N4O/c1-9-11(15-8-16-12(9)17-2)14-7-10-4-3-5-13-6-10/h3-6,8H,7H2,1-2H3,(H,14,15,16). The van der Waals surface area contributed by atoms with Crippen LogP contribution >= 0.6 is 0 Å². The van der Waals surface area contributed by atoms with Crippen molar-refractivity contribution in [1.82, 2.24) is 15.0 Å². The highest BCUT2D eigenvalue weighted by Gasteiger charge is 2.06. The van der Waals surface area contributed by atoms with Crippen LogP contribution in [-0.4, -0.2) is 22.1 Å². The van der Waals surface area contributed by atoms with Crippen LogP contribution in [0.1, 0.15) is 11.1 Å². The lowest BCUT2D eigenvalue weighted by Gasteiger charge is -2.10. The van der Waals surface area contributed by atoms with Crippen molar-refractivity contribution in [2.24, 2.45) is 0 Å². The van der Waals surface area contributed by atoms with E-state index >= 15 is 0 Å². The maximum atomic E-state index is 5.13. The van der Waals surface area contributed by atoms with Gasteiger partial charge in [-0.25, -0.2) is 9.97 Å².